The lowest BCUT2D eigenvalue weighted by Crippen LogP contribution is -2.43. The smallest absolute Gasteiger partial charge is 0.0421 e. The number of rotatable bonds is 4. The van der Waals surface area contributed by atoms with Gasteiger partial charge in [0, 0.05) is 23.7 Å². The molecule has 66 valence electrons. The van der Waals surface area contributed by atoms with Gasteiger partial charge in [-0.15, -0.1) is 11.8 Å². The Kier molecular flexibility index (Phi) is 4.67. The Balaban J connectivity index is 2.12. The zero-order chi connectivity index (χ0) is 8.10. The largest absolute Gasteiger partial charge is 0.326 e. The summed E-state index contributed by atoms with van der Waals surface area (Å²) in [6, 6.07) is 0.921. The monoisotopic (exact) mass is 192 g/mol. The minimum atomic E-state index is 0.359. The van der Waals surface area contributed by atoms with E-state index in [1.54, 1.807) is 0 Å². The zero-order valence-corrected chi connectivity index (χ0v) is 8.51. The van der Waals surface area contributed by atoms with Crippen LogP contribution >= 0.6 is 23.5 Å². The van der Waals surface area contributed by atoms with E-state index in [1.807, 2.05) is 23.5 Å². The summed E-state index contributed by atoms with van der Waals surface area (Å²) in [5.74, 6) is 3.46. The molecule has 1 aliphatic rings. The van der Waals surface area contributed by atoms with Gasteiger partial charge in [-0.25, -0.2) is 0 Å². The van der Waals surface area contributed by atoms with Crippen LogP contribution in [0.1, 0.15) is 6.42 Å². The van der Waals surface area contributed by atoms with Crippen molar-refractivity contribution in [1.82, 2.24) is 5.32 Å². The van der Waals surface area contributed by atoms with Gasteiger partial charge in [-0.05, 0) is 18.4 Å². The van der Waals surface area contributed by atoms with E-state index in [2.05, 4.69) is 11.6 Å². The third kappa shape index (κ3) is 3.23. The first kappa shape index (κ1) is 9.71. The number of nitrogens with one attached hydrogen (secondary N) is 1. The highest BCUT2D eigenvalue weighted by molar-refractivity contribution is 7.99. The van der Waals surface area contributed by atoms with Crippen molar-refractivity contribution < 1.29 is 0 Å². The van der Waals surface area contributed by atoms with Crippen molar-refractivity contribution in [3.8, 4) is 0 Å². The van der Waals surface area contributed by atoms with Gasteiger partial charge in [-0.2, -0.15) is 11.8 Å². The molecule has 4 heteroatoms. The van der Waals surface area contributed by atoms with E-state index in [-0.39, 0.29) is 0 Å². The minimum Gasteiger partial charge on any atom is -0.326 e. The summed E-state index contributed by atoms with van der Waals surface area (Å²) in [5.41, 5.74) is 5.98. The van der Waals surface area contributed by atoms with Crippen LogP contribution in [0.25, 0.3) is 0 Å². The molecule has 2 unspecified atom stereocenters. The minimum absolute atomic E-state index is 0.359. The average Bonchev–Trinajstić information content (AvgIpc) is 2.52. The summed E-state index contributed by atoms with van der Waals surface area (Å²) in [7, 11) is 0. The van der Waals surface area contributed by atoms with Crippen molar-refractivity contribution in [2.75, 3.05) is 23.6 Å². The van der Waals surface area contributed by atoms with Gasteiger partial charge >= 0.3 is 0 Å². The second-order valence-corrected chi connectivity index (χ2v) is 4.79. The lowest BCUT2D eigenvalue weighted by molar-refractivity contribution is 0.496. The van der Waals surface area contributed by atoms with Gasteiger partial charge in [0.2, 0.25) is 0 Å². The van der Waals surface area contributed by atoms with Crippen LogP contribution in [0.3, 0.4) is 0 Å². The van der Waals surface area contributed by atoms with E-state index >= 15 is 0 Å². The Morgan fingerprint density at radius 1 is 1.82 bits per heavy atom. The summed E-state index contributed by atoms with van der Waals surface area (Å²) in [4.78, 5) is 0. The van der Waals surface area contributed by atoms with E-state index in [0.717, 1.165) is 12.3 Å². The molecular formula is C7H16N2S2. The Morgan fingerprint density at radius 2 is 2.64 bits per heavy atom. The van der Waals surface area contributed by atoms with Gasteiger partial charge in [0.25, 0.3) is 0 Å². The summed E-state index contributed by atoms with van der Waals surface area (Å²) in [6.07, 6.45) is 3.27. The molecule has 1 fully saturated rings. The maximum atomic E-state index is 5.98. The first-order valence-electron chi connectivity index (χ1n) is 3.90. The molecule has 0 spiro atoms. The predicted molar refractivity (Wildman–Crippen MR) is 55.2 cm³/mol. The van der Waals surface area contributed by atoms with Crippen LogP contribution in [0, 0.1) is 0 Å². The second-order valence-electron chi connectivity index (χ2n) is 2.77. The van der Waals surface area contributed by atoms with Crippen LogP contribution in [-0.4, -0.2) is 35.7 Å². The standard InChI is InChI=1S/C7H16N2S2/c1-10-3-2-6(8)7-4-11-5-9-7/h6-7,9H,2-5,8H2,1H3. The van der Waals surface area contributed by atoms with Crippen molar-refractivity contribution in [2.24, 2.45) is 5.73 Å². The van der Waals surface area contributed by atoms with Crippen LogP contribution in [0.5, 0.6) is 0 Å². The number of thioether (sulfide) groups is 2. The maximum absolute atomic E-state index is 5.98. The first-order chi connectivity index (χ1) is 5.34. The molecule has 0 amide bonds. The highest BCUT2D eigenvalue weighted by atomic mass is 32.2. The van der Waals surface area contributed by atoms with Crippen LogP contribution in [0.2, 0.25) is 0 Å². The van der Waals surface area contributed by atoms with Crippen molar-refractivity contribution in [1.29, 1.82) is 0 Å². The maximum Gasteiger partial charge on any atom is 0.0421 e. The van der Waals surface area contributed by atoms with Crippen LogP contribution < -0.4 is 11.1 Å². The molecular weight excluding hydrogens is 176 g/mol. The number of hydrogen-bond donors (Lipinski definition) is 2. The van der Waals surface area contributed by atoms with Crippen LogP contribution in [0.4, 0.5) is 0 Å². The molecule has 1 aliphatic heterocycles. The highest BCUT2D eigenvalue weighted by Crippen LogP contribution is 2.14. The molecule has 0 radical (unpaired) electrons. The van der Waals surface area contributed by atoms with Gasteiger partial charge in [-0.1, -0.05) is 0 Å². The molecule has 2 nitrogen and oxygen atoms in total. The van der Waals surface area contributed by atoms with E-state index < -0.39 is 0 Å². The van der Waals surface area contributed by atoms with E-state index in [9.17, 15) is 0 Å². The van der Waals surface area contributed by atoms with Gasteiger partial charge in [0.1, 0.15) is 0 Å². The molecule has 11 heavy (non-hydrogen) atoms. The molecule has 0 aliphatic carbocycles. The van der Waals surface area contributed by atoms with Crippen molar-refractivity contribution in [2.45, 2.75) is 18.5 Å². The highest BCUT2D eigenvalue weighted by Gasteiger charge is 2.20. The Bertz CT molecular complexity index is 105. The lowest BCUT2D eigenvalue weighted by atomic mass is 10.1. The van der Waals surface area contributed by atoms with Gasteiger partial charge in [0.05, 0.1) is 0 Å². The fraction of sp³-hybridized carbons (Fsp3) is 1.00. The quantitative estimate of drug-likeness (QED) is 0.689. The number of hydrogen-bond acceptors (Lipinski definition) is 4. The summed E-state index contributed by atoms with van der Waals surface area (Å²) in [5, 5.41) is 3.39. The summed E-state index contributed by atoms with van der Waals surface area (Å²) < 4.78 is 0. The molecule has 0 aromatic heterocycles. The SMILES string of the molecule is CSCCC(N)C1CSCN1. The Labute approximate surface area is 77.1 Å². The molecule has 2 atom stereocenters. The molecule has 0 bridgehead atoms. The first-order valence-corrected chi connectivity index (χ1v) is 6.45. The van der Waals surface area contributed by atoms with Crippen LogP contribution in [0.15, 0.2) is 0 Å². The third-order valence-corrected chi connectivity index (χ3v) is 3.53. The fourth-order valence-electron chi connectivity index (χ4n) is 1.14. The fourth-order valence-corrected chi connectivity index (χ4v) is 2.72. The van der Waals surface area contributed by atoms with E-state index in [4.69, 9.17) is 5.73 Å². The molecule has 3 N–H and O–H groups in total. The second kappa shape index (κ2) is 5.30. The van der Waals surface area contributed by atoms with Gasteiger partial charge in [0.15, 0.2) is 0 Å². The van der Waals surface area contributed by atoms with E-state index in [0.29, 0.717) is 12.1 Å². The molecule has 1 heterocycles. The van der Waals surface area contributed by atoms with Crippen LogP contribution in [-0.2, 0) is 0 Å². The van der Waals surface area contributed by atoms with Crippen molar-refractivity contribution >= 4 is 23.5 Å². The molecule has 1 rings (SSSR count). The predicted octanol–water partition coefficient (Wildman–Crippen LogP) is 0.729. The van der Waals surface area contributed by atoms with Crippen molar-refractivity contribution in [3.63, 3.8) is 0 Å². The number of nitrogens with two attached hydrogens (primary N) is 1. The van der Waals surface area contributed by atoms with Crippen molar-refractivity contribution in [3.05, 3.63) is 0 Å². The molecule has 0 saturated carbocycles. The zero-order valence-electron chi connectivity index (χ0n) is 6.88. The molecule has 1 saturated heterocycles. The summed E-state index contributed by atoms with van der Waals surface area (Å²) >= 11 is 3.82. The topological polar surface area (TPSA) is 38.0 Å². The Morgan fingerprint density at radius 3 is 3.18 bits per heavy atom. The lowest BCUT2D eigenvalue weighted by Gasteiger charge is -2.17. The Hall–Kier alpha value is 0.620. The van der Waals surface area contributed by atoms with Gasteiger partial charge < -0.3 is 11.1 Å². The molecule has 0 aromatic carbocycles. The normalized spacial score (nSPS) is 27.3. The average molecular weight is 192 g/mol. The third-order valence-electron chi connectivity index (χ3n) is 1.92. The summed E-state index contributed by atoms with van der Waals surface area (Å²) in [6.45, 7) is 0. The van der Waals surface area contributed by atoms with E-state index in [1.165, 1.54) is 11.5 Å². The molecule has 0 aromatic rings. The van der Waals surface area contributed by atoms with Gasteiger partial charge in [-0.3, -0.25) is 0 Å².